The monoisotopic (exact) mass is 295 g/mol. The zero-order valence-corrected chi connectivity index (χ0v) is 11.5. The van der Waals surface area contributed by atoms with Gasteiger partial charge in [-0.2, -0.15) is 0 Å². The van der Waals surface area contributed by atoms with E-state index in [0.29, 0.717) is 18.0 Å². The van der Waals surface area contributed by atoms with E-state index in [-0.39, 0.29) is 0 Å². The molecule has 3 nitrogen and oxygen atoms in total. The second kappa shape index (κ2) is 4.61. The molecule has 4 heteroatoms. The molecule has 0 N–H and O–H groups in total. The Morgan fingerprint density at radius 3 is 2.71 bits per heavy atom. The van der Waals surface area contributed by atoms with Gasteiger partial charge in [-0.25, -0.2) is 0 Å². The standard InChI is InChI=1S/C13H14BrNO2/c1-3-8(2)7-15-11-5-4-9(14)6-10(11)12(16)13(15)17/h4-6,8H,3,7H2,1-2H3. The van der Waals surface area contributed by atoms with Crippen LogP contribution >= 0.6 is 15.9 Å². The Morgan fingerprint density at radius 1 is 1.35 bits per heavy atom. The summed E-state index contributed by atoms with van der Waals surface area (Å²) in [6.07, 6.45) is 0.990. The zero-order chi connectivity index (χ0) is 12.6. The Hall–Kier alpha value is -1.16. The van der Waals surface area contributed by atoms with E-state index in [9.17, 15) is 9.59 Å². The van der Waals surface area contributed by atoms with Crippen LogP contribution in [0.1, 0.15) is 30.6 Å². The highest BCUT2D eigenvalue weighted by Crippen LogP contribution is 2.32. The summed E-state index contributed by atoms with van der Waals surface area (Å²) in [5.74, 6) is -0.413. The molecule has 0 spiro atoms. The van der Waals surface area contributed by atoms with Gasteiger partial charge in [0.25, 0.3) is 11.7 Å². The number of hydrogen-bond donors (Lipinski definition) is 0. The SMILES string of the molecule is CCC(C)CN1C(=O)C(=O)c2cc(Br)ccc21. The lowest BCUT2D eigenvalue weighted by Gasteiger charge is -2.20. The van der Waals surface area contributed by atoms with Crippen molar-refractivity contribution >= 4 is 33.3 Å². The van der Waals surface area contributed by atoms with Crippen molar-refractivity contribution in [2.24, 2.45) is 5.92 Å². The topological polar surface area (TPSA) is 37.4 Å². The molecule has 0 saturated heterocycles. The molecule has 0 bridgehead atoms. The smallest absolute Gasteiger partial charge is 0.299 e. The molecule has 1 aliphatic heterocycles. The lowest BCUT2D eigenvalue weighted by Crippen LogP contribution is -2.33. The minimum Gasteiger partial charge on any atom is -0.304 e. The first kappa shape index (κ1) is 12.3. The van der Waals surface area contributed by atoms with Crippen LogP contribution in [0.4, 0.5) is 5.69 Å². The fraction of sp³-hybridized carbons (Fsp3) is 0.385. The Labute approximate surface area is 109 Å². The maximum Gasteiger partial charge on any atom is 0.299 e. The Balaban J connectivity index is 2.38. The van der Waals surface area contributed by atoms with E-state index in [0.717, 1.165) is 16.6 Å². The van der Waals surface area contributed by atoms with Crippen molar-refractivity contribution in [3.63, 3.8) is 0 Å². The van der Waals surface area contributed by atoms with Crippen molar-refractivity contribution in [1.82, 2.24) is 0 Å². The van der Waals surface area contributed by atoms with Crippen molar-refractivity contribution in [3.05, 3.63) is 28.2 Å². The van der Waals surface area contributed by atoms with Crippen molar-refractivity contribution < 1.29 is 9.59 Å². The number of carbonyl (C=O) groups excluding carboxylic acids is 2. The van der Waals surface area contributed by atoms with E-state index in [1.807, 2.05) is 12.1 Å². The molecular formula is C13H14BrNO2. The number of anilines is 1. The number of Topliss-reactive ketones (excluding diaryl/α,β-unsaturated/α-hetero) is 1. The van der Waals surface area contributed by atoms with Gasteiger partial charge in [-0.05, 0) is 24.1 Å². The Morgan fingerprint density at radius 2 is 2.06 bits per heavy atom. The van der Waals surface area contributed by atoms with E-state index >= 15 is 0 Å². The normalized spacial score (nSPS) is 16.3. The molecule has 0 saturated carbocycles. The number of nitrogens with zero attached hydrogens (tertiary/aromatic N) is 1. The van der Waals surface area contributed by atoms with Gasteiger partial charge < -0.3 is 4.90 Å². The summed E-state index contributed by atoms with van der Waals surface area (Å²) >= 11 is 3.31. The lowest BCUT2D eigenvalue weighted by atomic mass is 10.1. The molecule has 1 amide bonds. The summed E-state index contributed by atoms with van der Waals surface area (Å²) in [6, 6.07) is 5.39. The maximum atomic E-state index is 11.9. The largest absolute Gasteiger partial charge is 0.304 e. The highest BCUT2D eigenvalue weighted by Gasteiger charge is 2.36. The number of carbonyl (C=O) groups is 2. The molecule has 2 rings (SSSR count). The molecular weight excluding hydrogens is 282 g/mol. The summed E-state index contributed by atoms with van der Waals surface area (Å²) in [7, 11) is 0. The number of rotatable bonds is 3. The first-order chi connectivity index (χ1) is 8.04. The highest BCUT2D eigenvalue weighted by molar-refractivity contribution is 9.10. The quantitative estimate of drug-likeness (QED) is 0.804. The van der Waals surface area contributed by atoms with Crippen LogP contribution in [-0.4, -0.2) is 18.2 Å². The molecule has 1 heterocycles. The van der Waals surface area contributed by atoms with Crippen LogP contribution in [-0.2, 0) is 4.79 Å². The molecule has 1 unspecified atom stereocenters. The van der Waals surface area contributed by atoms with Crippen LogP contribution in [0, 0.1) is 5.92 Å². The van der Waals surface area contributed by atoms with Crippen LogP contribution in [0.25, 0.3) is 0 Å². The van der Waals surface area contributed by atoms with Crippen molar-refractivity contribution in [2.45, 2.75) is 20.3 Å². The summed E-state index contributed by atoms with van der Waals surface area (Å²) in [4.78, 5) is 25.3. The van der Waals surface area contributed by atoms with Gasteiger partial charge in [-0.3, -0.25) is 9.59 Å². The van der Waals surface area contributed by atoms with Gasteiger partial charge in [-0.1, -0.05) is 36.2 Å². The van der Waals surface area contributed by atoms with Crippen molar-refractivity contribution in [3.8, 4) is 0 Å². The minimum absolute atomic E-state index is 0.390. The number of benzene rings is 1. The Bertz CT molecular complexity index is 484. The average molecular weight is 296 g/mol. The second-order valence-corrected chi connectivity index (χ2v) is 5.34. The summed E-state index contributed by atoms with van der Waals surface area (Å²) in [5, 5.41) is 0. The number of fused-ring (bicyclic) bond motifs is 1. The van der Waals surface area contributed by atoms with E-state index < -0.39 is 11.7 Å². The second-order valence-electron chi connectivity index (χ2n) is 4.42. The highest BCUT2D eigenvalue weighted by atomic mass is 79.9. The van der Waals surface area contributed by atoms with Gasteiger partial charge in [0.15, 0.2) is 0 Å². The van der Waals surface area contributed by atoms with Crippen LogP contribution < -0.4 is 4.90 Å². The van der Waals surface area contributed by atoms with E-state index in [1.165, 1.54) is 0 Å². The first-order valence-electron chi connectivity index (χ1n) is 5.70. The molecule has 1 aliphatic rings. The molecule has 1 atom stereocenters. The minimum atomic E-state index is -0.404. The van der Waals surface area contributed by atoms with Crippen molar-refractivity contribution in [1.29, 1.82) is 0 Å². The van der Waals surface area contributed by atoms with Gasteiger partial charge in [0, 0.05) is 11.0 Å². The molecule has 1 aromatic rings. The summed E-state index contributed by atoms with van der Waals surface area (Å²) < 4.78 is 0.822. The zero-order valence-electron chi connectivity index (χ0n) is 9.87. The van der Waals surface area contributed by atoms with Crippen LogP contribution in [0.15, 0.2) is 22.7 Å². The van der Waals surface area contributed by atoms with E-state index in [2.05, 4.69) is 29.8 Å². The maximum absolute atomic E-state index is 11.9. The third-order valence-electron chi connectivity index (χ3n) is 3.12. The summed E-state index contributed by atoms with van der Waals surface area (Å²) in [5.41, 5.74) is 1.25. The predicted molar refractivity (Wildman–Crippen MR) is 70.3 cm³/mol. The number of amides is 1. The third kappa shape index (κ3) is 2.14. The van der Waals surface area contributed by atoms with Gasteiger partial charge in [-0.15, -0.1) is 0 Å². The average Bonchev–Trinajstić information content (AvgIpc) is 2.54. The van der Waals surface area contributed by atoms with Crippen LogP contribution in [0.3, 0.4) is 0 Å². The lowest BCUT2D eigenvalue weighted by molar-refractivity contribution is -0.114. The van der Waals surface area contributed by atoms with Crippen LogP contribution in [0.2, 0.25) is 0 Å². The molecule has 17 heavy (non-hydrogen) atoms. The molecule has 90 valence electrons. The van der Waals surface area contributed by atoms with Crippen molar-refractivity contribution in [2.75, 3.05) is 11.4 Å². The van der Waals surface area contributed by atoms with Gasteiger partial charge in [0.1, 0.15) is 0 Å². The third-order valence-corrected chi connectivity index (χ3v) is 3.62. The predicted octanol–water partition coefficient (Wildman–Crippen LogP) is 3.02. The summed E-state index contributed by atoms with van der Waals surface area (Å²) in [6.45, 7) is 4.76. The molecule has 0 fully saturated rings. The number of hydrogen-bond acceptors (Lipinski definition) is 2. The van der Waals surface area contributed by atoms with Gasteiger partial charge in [0.2, 0.25) is 0 Å². The molecule has 0 aliphatic carbocycles. The van der Waals surface area contributed by atoms with Gasteiger partial charge in [0.05, 0.1) is 11.3 Å². The molecule has 1 aromatic carbocycles. The fourth-order valence-corrected chi connectivity index (χ4v) is 2.26. The van der Waals surface area contributed by atoms with E-state index in [1.54, 1.807) is 11.0 Å². The molecule has 0 aromatic heterocycles. The first-order valence-corrected chi connectivity index (χ1v) is 6.49. The molecule has 0 radical (unpaired) electrons. The number of halogens is 1. The number of ketones is 1. The van der Waals surface area contributed by atoms with Crippen LogP contribution in [0.5, 0.6) is 0 Å². The van der Waals surface area contributed by atoms with Gasteiger partial charge >= 0.3 is 0 Å². The Kier molecular flexibility index (Phi) is 3.33. The van der Waals surface area contributed by atoms with E-state index in [4.69, 9.17) is 0 Å². The fourth-order valence-electron chi connectivity index (χ4n) is 1.89.